The maximum Gasteiger partial charge on any atom is 0.141 e. The van der Waals surface area contributed by atoms with Gasteiger partial charge in [0.1, 0.15) is 5.76 Å². The Labute approximate surface area is 51.7 Å². The lowest BCUT2D eigenvalue weighted by molar-refractivity contribution is 0.457. The van der Waals surface area contributed by atoms with Gasteiger partial charge in [-0.15, -0.1) is 0 Å². The van der Waals surface area contributed by atoms with E-state index in [2.05, 4.69) is 15.2 Å². The Morgan fingerprint density at radius 1 is 1.75 bits per heavy atom. The SMILES string of the molecule is POC1=C=CCCC1. The molecule has 0 saturated carbocycles. The van der Waals surface area contributed by atoms with Crippen LogP contribution in [0, 0.1) is 0 Å². The van der Waals surface area contributed by atoms with Gasteiger partial charge in [0.25, 0.3) is 0 Å². The van der Waals surface area contributed by atoms with E-state index in [-0.39, 0.29) is 0 Å². The van der Waals surface area contributed by atoms with Crippen LogP contribution < -0.4 is 0 Å². The normalized spacial score (nSPS) is 17.9. The molecule has 0 aromatic heterocycles. The van der Waals surface area contributed by atoms with Crippen LogP contribution in [0.5, 0.6) is 0 Å². The monoisotopic (exact) mass is 128 g/mol. The van der Waals surface area contributed by atoms with Crippen molar-refractivity contribution < 1.29 is 4.52 Å². The second-order valence-corrected chi connectivity index (χ2v) is 2.02. The van der Waals surface area contributed by atoms with E-state index in [1.54, 1.807) is 0 Å². The van der Waals surface area contributed by atoms with Gasteiger partial charge in [0.2, 0.25) is 0 Å². The van der Waals surface area contributed by atoms with Crippen molar-refractivity contribution in [3.8, 4) is 0 Å². The second-order valence-electron chi connectivity index (χ2n) is 1.78. The van der Waals surface area contributed by atoms with Gasteiger partial charge in [-0.2, -0.15) is 0 Å². The van der Waals surface area contributed by atoms with E-state index in [1.165, 1.54) is 6.42 Å². The molecular formula is C6H9OP. The van der Waals surface area contributed by atoms with Crippen molar-refractivity contribution in [3.05, 3.63) is 17.6 Å². The molecule has 0 amide bonds. The number of allylic oxidation sites excluding steroid dienone is 1. The molecule has 2 heteroatoms. The van der Waals surface area contributed by atoms with Crippen LogP contribution in [0.2, 0.25) is 0 Å². The van der Waals surface area contributed by atoms with E-state index >= 15 is 0 Å². The minimum Gasteiger partial charge on any atom is -0.477 e. The molecule has 44 valence electrons. The van der Waals surface area contributed by atoms with E-state index in [0.717, 1.165) is 18.6 Å². The summed E-state index contributed by atoms with van der Waals surface area (Å²) in [4.78, 5) is 0. The molecule has 1 aliphatic carbocycles. The average Bonchev–Trinajstić information content (AvgIpc) is 1.90. The Bertz CT molecular complexity index is 133. The third kappa shape index (κ3) is 1.36. The molecule has 0 saturated heterocycles. The molecule has 0 heterocycles. The molecule has 0 aliphatic heterocycles. The van der Waals surface area contributed by atoms with Crippen LogP contribution in [-0.2, 0) is 4.52 Å². The molecule has 1 nitrogen and oxygen atoms in total. The van der Waals surface area contributed by atoms with Crippen molar-refractivity contribution in [2.24, 2.45) is 0 Å². The molecule has 0 aromatic carbocycles. The van der Waals surface area contributed by atoms with E-state index in [1.807, 2.05) is 6.08 Å². The van der Waals surface area contributed by atoms with E-state index in [4.69, 9.17) is 4.52 Å². The molecular weight excluding hydrogens is 119 g/mol. The Morgan fingerprint density at radius 3 is 3.00 bits per heavy atom. The lowest BCUT2D eigenvalue weighted by atomic mass is 10.1. The van der Waals surface area contributed by atoms with Crippen LogP contribution in [-0.4, -0.2) is 0 Å². The quantitative estimate of drug-likeness (QED) is 0.387. The van der Waals surface area contributed by atoms with Crippen molar-refractivity contribution in [1.82, 2.24) is 0 Å². The van der Waals surface area contributed by atoms with Crippen LogP contribution >= 0.6 is 9.47 Å². The van der Waals surface area contributed by atoms with Gasteiger partial charge in [-0.3, -0.25) is 0 Å². The fraction of sp³-hybridized carbons (Fsp3) is 0.500. The summed E-state index contributed by atoms with van der Waals surface area (Å²) >= 11 is 0. The summed E-state index contributed by atoms with van der Waals surface area (Å²) in [6, 6.07) is 0. The van der Waals surface area contributed by atoms with Crippen molar-refractivity contribution in [2.75, 3.05) is 0 Å². The summed E-state index contributed by atoms with van der Waals surface area (Å²) in [6.07, 6.45) is 5.41. The molecule has 1 aliphatic rings. The van der Waals surface area contributed by atoms with Crippen molar-refractivity contribution in [2.45, 2.75) is 19.3 Å². The zero-order valence-corrected chi connectivity index (χ0v) is 5.84. The van der Waals surface area contributed by atoms with Crippen LogP contribution in [0.1, 0.15) is 19.3 Å². The Hall–Kier alpha value is -0.250. The van der Waals surface area contributed by atoms with E-state index < -0.39 is 0 Å². The van der Waals surface area contributed by atoms with E-state index in [9.17, 15) is 0 Å². The predicted octanol–water partition coefficient (Wildman–Crippen LogP) is 2.02. The van der Waals surface area contributed by atoms with Crippen molar-refractivity contribution >= 4 is 9.47 Å². The molecule has 1 atom stereocenters. The highest BCUT2D eigenvalue weighted by molar-refractivity contribution is 7.10. The minimum atomic E-state index is 0.959. The van der Waals surface area contributed by atoms with Gasteiger partial charge in [-0.05, 0) is 18.9 Å². The molecule has 1 rings (SSSR count). The molecule has 0 spiro atoms. The lowest BCUT2D eigenvalue weighted by Gasteiger charge is -2.03. The summed E-state index contributed by atoms with van der Waals surface area (Å²) < 4.78 is 4.88. The fourth-order valence-electron chi connectivity index (χ4n) is 0.716. The zero-order chi connectivity index (χ0) is 5.82. The first-order valence-corrected chi connectivity index (χ1v) is 3.21. The topological polar surface area (TPSA) is 9.23 Å². The van der Waals surface area contributed by atoms with Gasteiger partial charge in [0.15, 0.2) is 0 Å². The van der Waals surface area contributed by atoms with Gasteiger partial charge < -0.3 is 4.52 Å². The largest absolute Gasteiger partial charge is 0.477 e. The molecule has 1 unspecified atom stereocenters. The number of hydrogen-bond donors (Lipinski definition) is 0. The minimum absolute atomic E-state index is 0.959. The third-order valence-electron chi connectivity index (χ3n) is 1.16. The van der Waals surface area contributed by atoms with Crippen LogP contribution in [0.15, 0.2) is 17.6 Å². The highest BCUT2D eigenvalue weighted by Gasteiger charge is 1.96. The first-order valence-electron chi connectivity index (χ1n) is 2.74. The maximum absolute atomic E-state index is 4.88. The molecule has 0 bridgehead atoms. The summed E-state index contributed by atoms with van der Waals surface area (Å²) in [6.45, 7) is 0. The molecule has 8 heavy (non-hydrogen) atoms. The second kappa shape index (κ2) is 2.91. The van der Waals surface area contributed by atoms with Gasteiger partial charge in [0.05, 0.1) is 9.47 Å². The van der Waals surface area contributed by atoms with Gasteiger partial charge >= 0.3 is 0 Å². The number of rotatable bonds is 1. The fourth-order valence-corrected chi connectivity index (χ4v) is 0.902. The first kappa shape index (κ1) is 5.88. The van der Waals surface area contributed by atoms with Crippen LogP contribution in [0.3, 0.4) is 0 Å². The van der Waals surface area contributed by atoms with Crippen molar-refractivity contribution in [1.29, 1.82) is 0 Å². The maximum atomic E-state index is 4.88. The molecule has 0 N–H and O–H groups in total. The number of hydrogen-bond acceptors (Lipinski definition) is 1. The predicted molar refractivity (Wildman–Crippen MR) is 36.2 cm³/mol. The molecule has 0 radical (unpaired) electrons. The Morgan fingerprint density at radius 2 is 2.62 bits per heavy atom. The Balaban J connectivity index is 2.60. The highest BCUT2D eigenvalue weighted by atomic mass is 31.0. The molecule has 0 fully saturated rings. The van der Waals surface area contributed by atoms with Gasteiger partial charge in [-0.25, -0.2) is 0 Å². The lowest BCUT2D eigenvalue weighted by Crippen LogP contribution is -1.84. The summed E-state index contributed by atoms with van der Waals surface area (Å²) in [5.41, 5.74) is 3.02. The van der Waals surface area contributed by atoms with Crippen LogP contribution in [0.25, 0.3) is 0 Å². The summed E-state index contributed by atoms with van der Waals surface area (Å²) in [5, 5.41) is 0. The summed E-state index contributed by atoms with van der Waals surface area (Å²) in [7, 11) is 2.23. The van der Waals surface area contributed by atoms with Crippen molar-refractivity contribution in [3.63, 3.8) is 0 Å². The van der Waals surface area contributed by atoms with Gasteiger partial charge in [-0.1, -0.05) is 5.73 Å². The zero-order valence-electron chi connectivity index (χ0n) is 4.68. The highest BCUT2D eigenvalue weighted by Crippen LogP contribution is 2.14. The third-order valence-corrected chi connectivity index (χ3v) is 1.44. The average molecular weight is 128 g/mol. The standard InChI is InChI=1S/C6H9OP/c8-7-6-4-2-1-3-5-6/h2H,1,3,5,8H2. The van der Waals surface area contributed by atoms with Gasteiger partial charge in [0, 0.05) is 6.42 Å². The molecule has 0 aromatic rings. The summed E-state index contributed by atoms with van der Waals surface area (Å²) in [5.74, 6) is 0.959. The Kier molecular flexibility index (Phi) is 2.14. The van der Waals surface area contributed by atoms with E-state index in [0.29, 0.717) is 0 Å². The van der Waals surface area contributed by atoms with Crippen LogP contribution in [0.4, 0.5) is 0 Å². The first-order chi connectivity index (χ1) is 3.93. The smallest absolute Gasteiger partial charge is 0.141 e.